The van der Waals surface area contributed by atoms with Crippen molar-refractivity contribution in [2.24, 2.45) is 0 Å². The molecule has 0 unspecified atom stereocenters. The van der Waals surface area contributed by atoms with Gasteiger partial charge in [0, 0.05) is 37.9 Å². The van der Waals surface area contributed by atoms with Gasteiger partial charge in [0.25, 0.3) is 0 Å². The van der Waals surface area contributed by atoms with Crippen molar-refractivity contribution in [1.29, 1.82) is 0 Å². The summed E-state index contributed by atoms with van der Waals surface area (Å²) >= 11 is 0. The maximum absolute atomic E-state index is 4.26. The van der Waals surface area contributed by atoms with E-state index in [1.54, 1.807) is 6.33 Å². The molecule has 3 rings (SSSR count). The standard InChI is InChI=1S/C14H20N4/c1-11(2)17-5-7-18(8-6-17)12-3-4-13-14(9-12)16-10-15-13/h3-4,9-11H,5-8H2,1-2H3,(H,15,16). The van der Waals surface area contributed by atoms with Crippen molar-refractivity contribution in [1.82, 2.24) is 14.9 Å². The quantitative estimate of drug-likeness (QED) is 0.878. The van der Waals surface area contributed by atoms with E-state index in [-0.39, 0.29) is 0 Å². The van der Waals surface area contributed by atoms with E-state index in [1.165, 1.54) is 5.69 Å². The molecule has 0 amide bonds. The second-order valence-corrected chi connectivity index (χ2v) is 5.22. The number of aromatic nitrogens is 2. The maximum atomic E-state index is 4.26. The number of fused-ring (bicyclic) bond motifs is 1. The Morgan fingerprint density at radius 1 is 1.17 bits per heavy atom. The molecule has 2 heterocycles. The highest BCUT2D eigenvalue weighted by Gasteiger charge is 2.19. The molecule has 2 aromatic rings. The lowest BCUT2D eigenvalue weighted by Crippen LogP contribution is -2.48. The first-order valence-electron chi connectivity index (χ1n) is 6.66. The predicted molar refractivity (Wildman–Crippen MR) is 75.0 cm³/mol. The lowest BCUT2D eigenvalue weighted by atomic mass is 10.2. The second kappa shape index (κ2) is 4.61. The van der Waals surface area contributed by atoms with Gasteiger partial charge in [0.05, 0.1) is 17.4 Å². The van der Waals surface area contributed by atoms with Crippen molar-refractivity contribution in [2.45, 2.75) is 19.9 Å². The van der Waals surface area contributed by atoms with Gasteiger partial charge in [-0.3, -0.25) is 4.90 Å². The van der Waals surface area contributed by atoms with Gasteiger partial charge in [-0.15, -0.1) is 0 Å². The third kappa shape index (κ3) is 2.08. The van der Waals surface area contributed by atoms with Gasteiger partial charge in [0.15, 0.2) is 0 Å². The van der Waals surface area contributed by atoms with Crippen LogP contribution in [0, 0.1) is 0 Å². The Morgan fingerprint density at radius 3 is 2.67 bits per heavy atom. The maximum Gasteiger partial charge on any atom is 0.0931 e. The van der Waals surface area contributed by atoms with E-state index in [0.717, 1.165) is 37.2 Å². The first-order valence-corrected chi connectivity index (χ1v) is 6.66. The Morgan fingerprint density at radius 2 is 1.94 bits per heavy atom. The summed E-state index contributed by atoms with van der Waals surface area (Å²) in [6.45, 7) is 9.06. The number of hydrogen-bond donors (Lipinski definition) is 1. The van der Waals surface area contributed by atoms with Crippen LogP contribution in [0.25, 0.3) is 11.0 Å². The van der Waals surface area contributed by atoms with Gasteiger partial charge >= 0.3 is 0 Å². The van der Waals surface area contributed by atoms with Crippen LogP contribution in [0.2, 0.25) is 0 Å². The molecule has 4 heteroatoms. The molecule has 96 valence electrons. The zero-order chi connectivity index (χ0) is 12.5. The van der Waals surface area contributed by atoms with Crippen LogP contribution in [0.4, 0.5) is 5.69 Å². The Kier molecular flexibility index (Phi) is 2.96. The molecule has 18 heavy (non-hydrogen) atoms. The molecule has 1 saturated heterocycles. The monoisotopic (exact) mass is 244 g/mol. The molecular weight excluding hydrogens is 224 g/mol. The summed E-state index contributed by atoms with van der Waals surface area (Å²) in [5.74, 6) is 0. The van der Waals surface area contributed by atoms with Crippen LogP contribution in [-0.4, -0.2) is 47.1 Å². The number of aromatic amines is 1. The molecule has 0 aliphatic carbocycles. The highest BCUT2D eigenvalue weighted by atomic mass is 15.3. The smallest absolute Gasteiger partial charge is 0.0931 e. The highest BCUT2D eigenvalue weighted by molar-refractivity contribution is 5.79. The molecule has 0 saturated carbocycles. The third-order valence-corrected chi connectivity index (χ3v) is 3.81. The first kappa shape index (κ1) is 11.5. The Balaban J connectivity index is 1.75. The molecule has 0 spiro atoms. The minimum Gasteiger partial charge on any atom is -0.369 e. The van der Waals surface area contributed by atoms with Crippen LogP contribution < -0.4 is 4.90 Å². The molecule has 0 bridgehead atoms. The number of nitrogens with zero attached hydrogens (tertiary/aromatic N) is 3. The van der Waals surface area contributed by atoms with Crippen LogP contribution in [-0.2, 0) is 0 Å². The summed E-state index contributed by atoms with van der Waals surface area (Å²) in [5, 5.41) is 0. The highest BCUT2D eigenvalue weighted by Crippen LogP contribution is 2.21. The van der Waals surface area contributed by atoms with Gasteiger partial charge in [0.2, 0.25) is 0 Å². The van der Waals surface area contributed by atoms with Crippen LogP contribution in [0.15, 0.2) is 24.5 Å². The lowest BCUT2D eigenvalue weighted by molar-refractivity contribution is 0.209. The van der Waals surface area contributed by atoms with Crippen LogP contribution in [0.1, 0.15) is 13.8 Å². The van der Waals surface area contributed by atoms with Gasteiger partial charge in [-0.2, -0.15) is 0 Å². The van der Waals surface area contributed by atoms with Crippen LogP contribution >= 0.6 is 0 Å². The summed E-state index contributed by atoms with van der Waals surface area (Å²) in [5.41, 5.74) is 3.47. The molecular formula is C14H20N4. The zero-order valence-corrected chi connectivity index (χ0v) is 11.1. The summed E-state index contributed by atoms with van der Waals surface area (Å²) in [6, 6.07) is 7.12. The van der Waals surface area contributed by atoms with Gasteiger partial charge in [-0.1, -0.05) is 0 Å². The summed E-state index contributed by atoms with van der Waals surface area (Å²) in [7, 11) is 0. The van der Waals surface area contributed by atoms with E-state index in [9.17, 15) is 0 Å². The van der Waals surface area contributed by atoms with Crippen LogP contribution in [0.5, 0.6) is 0 Å². The molecule has 1 aliphatic heterocycles. The SMILES string of the molecule is CC(C)N1CCN(c2ccc3nc[nH]c3c2)CC1. The van der Waals surface area contributed by atoms with Crippen LogP contribution in [0.3, 0.4) is 0 Å². The molecule has 4 nitrogen and oxygen atoms in total. The van der Waals surface area contributed by atoms with E-state index in [2.05, 4.69) is 51.8 Å². The fourth-order valence-electron chi connectivity index (χ4n) is 2.62. The topological polar surface area (TPSA) is 35.2 Å². The van der Waals surface area contributed by atoms with Gasteiger partial charge < -0.3 is 9.88 Å². The van der Waals surface area contributed by atoms with Crippen molar-refractivity contribution < 1.29 is 0 Å². The van der Waals surface area contributed by atoms with E-state index in [0.29, 0.717) is 6.04 Å². The second-order valence-electron chi connectivity index (χ2n) is 5.22. The molecule has 1 aliphatic rings. The fourth-order valence-corrected chi connectivity index (χ4v) is 2.62. The number of anilines is 1. The molecule has 1 fully saturated rings. The predicted octanol–water partition coefficient (Wildman–Crippen LogP) is 2.09. The summed E-state index contributed by atoms with van der Waals surface area (Å²) in [6.07, 6.45) is 1.76. The van der Waals surface area contributed by atoms with Crippen molar-refractivity contribution in [3.8, 4) is 0 Å². The third-order valence-electron chi connectivity index (χ3n) is 3.81. The average molecular weight is 244 g/mol. The number of imidazole rings is 1. The molecule has 1 N–H and O–H groups in total. The van der Waals surface area contributed by atoms with Crippen molar-refractivity contribution in [3.63, 3.8) is 0 Å². The summed E-state index contributed by atoms with van der Waals surface area (Å²) in [4.78, 5) is 12.4. The fraction of sp³-hybridized carbons (Fsp3) is 0.500. The van der Waals surface area contributed by atoms with E-state index < -0.39 is 0 Å². The summed E-state index contributed by atoms with van der Waals surface area (Å²) < 4.78 is 0. The Labute approximate surface area is 108 Å². The normalized spacial score (nSPS) is 17.8. The van der Waals surface area contributed by atoms with E-state index in [4.69, 9.17) is 0 Å². The number of benzene rings is 1. The molecule has 0 radical (unpaired) electrons. The van der Waals surface area contributed by atoms with Crippen molar-refractivity contribution >= 4 is 16.7 Å². The Hall–Kier alpha value is -1.55. The van der Waals surface area contributed by atoms with E-state index >= 15 is 0 Å². The average Bonchev–Trinajstić information content (AvgIpc) is 2.86. The minimum atomic E-state index is 0.655. The largest absolute Gasteiger partial charge is 0.369 e. The number of piperazine rings is 1. The molecule has 1 aromatic carbocycles. The van der Waals surface area contributed by atoms with Crippen molar-refractivity contribution in [2.75, 3.05) is 31.1 Å². The zero-order valence-electron chi connectivity index (χ0n) is 11.1. The minimum absolute atomic E-state index is 0.655. The van der Waals surface area contributed by atoms with Gasteiger partial charge in [-0.05, 0) is 32.0 Å². The number of rotatable bonds is 2. The first-order chi connectivity index (χ1) is 8.74. The Bertz CT molecular complexity index is 523. The number of nitrogens with one attached hydrogen (secondary N) is 1. The van der Waals surface area contributed by atoms with Gasteiger partial charge in [0.1, 0.15) is 0 Å². The van der Waals surface area contributed by atoms with Crippen molar-refractivity contribution in [3.05, 3.63) is 24.5 Å². The lowest BCUT2D eigenvalue weighted by Gasteiger charge is -2.38. The molecule has 0 atom stereocenters. The number of hydrogen-bond acceptors (Lipinski definition) is 3. The van der Waals surface area contributed by atoms with E-state index in [1.807, 2.05) is 0 Å². The number of H-pyrrole nitrogens is 1. The molecule has 1 aromatic heterocycles. The van der Waals surface area contributed by atoms with Gasteiger partial charge in [-0.25, -0.2) is 4.98 Å².